The van der Waals surface area contributed by atoms with Gasteiger partial charge in [-0.3, -0.25) is 0 Å². The Balaban J connectivity index is 0.00000264. The molecule has 0 aromatic carbocycles. The largest absolute Gasteiger partial charge is 0.357 e. The van der Waals surface area contributed by atoms with E-state index in [1.165, 1.54) is 30.6 Å². The molecule has 2 unspecified atom stereocenters. The number of hydrogen-bond acceptors (Lipinski definition) is 3. The van der Waals surface area contributed by atoms with Crippen molar-refractivity contribution < 1.29 is 0 Å². The number of nitrogens with zero attached hydrogens (tertiary/aromatic N) is 2. The minimum atomic E-state index is 0. The first-order valence-corrected chi connectivity index (χ1v) is 9.36. The fraction of sp³-hybridized carbons (Fsp3) is 0.765. The third-order valence-corrected chi connectivity index (χ3v) is 5.67. The van der Waals surface area contributed by atoms with Gasteiger partial charge in [0, 0.05) is 18.0 Å². The third-order valence-electron chi connectivity index (χ3n) is 4.61. The summed E-state index contributed by atoms with van der Waals surface area (Å²) in [6.07, 6.45) is 5.49. The maximum Gasteiger partial charge on any atom is 0.191 e. The van der Waals surface area contributed by atoms with Gasteiger partial charge in [0.25, 0.3) is 0 Å². The van der Waals surface area contributed by atoms with Crippen LogP contribution >= 0.6 is 35.3 Å². The smallest absolute Gasteiger partial charge is 0.191 e. The molecule has 2 atom stereocenters. The van der Waals surface area contributed by atoms with E-state index < -0.39 is 0 Å². The molecule has 4 nitrogen and oxygen atoms in total. The van der Waals surface area contributed by atoms with Crippen LogP contribution in [0.25, 0.3) is 0 Å². The van der Waals surface area contributed by atoms with E-state index in [1.54, 1.807) is 11.3 Å². The van der Waals surface area contributed by atoms with Crippen molar-refractivity contribution in [2.45, 2.75) is 59.9 Å². The van der Waals surface area contributed by atoms with E-state index in [-0.39, 0.29) is 24.0 Å². The summed E-state index contributed by atoms with van der Waals surface area (Å²) in [6, 6.07) is 0. The standard InChI is InChI=1S/C17H30N4S.HI/c1-5-18-17(19-10-15-9-7-6-8-12(15)2)20-11-16-21-13(3)14(4)22-16;/h12,15H,5-11H2,1-4H3,(H2,18,19,20);1H. The fourth-order valence-electron chi connectivity index (χ4n) is 3.02. The van der Waals surface area contributed by atoms with E-state index in [9.17, 15) is 0 Å². The number of nitrogens with one attached hydrogen (secondary N) is 2. The molecule has 2 N–H and O–H groups in total. The molecule has 2 rings (SSSR count). The lowest BCUT2D eigenvalue weighted by molar-refractivity contribution is 0.256. The van der Waals surface area contributed by atoms with Crippen LogP contribution in [0.1, 0.15) is 55.1 Å². The lowest BCUT2D eigenvalue weighted by atomic mass is 9.80. The number of aliphatic imine (C=N–C) groups is 1. The number of thiazole rings is 1. The van der Waals surface area contributed by atoms with Crippen molar-refractivity contribution in [2.24, 2.45) is 16.8 Å². The predicted molar refractivity (Wildman–Crippen MR) is 111 cm³/mol. The molecule has 1 aliphatic rings. The van der Waals surface area contributed by atoms with Gasteiger partial charge in [-0.05, 0) is 39.0 Å². The molecule has 0 radical (unpaired) electrons. The predicted octanol–water partition coefficient (Wildman–Crippen LogP) is 4.26. The molecule has 1 aromatic heterocycles. The van der Waals surface area contributed by atoms with Crippen molar-refractivity contribution in [3.05, 3.63) is 15.6 Å². The first kappa shape index (κ1) is 20.7. The highest BCUT2D eigenvalue weighted by atomic mass is 127. The SMILES string of the molecule is CCNC(=NCc1nc(C)c(C)s1)NCC1CCCCC1C.I. The molecule has 0 bridgehead atoms. The number of guanidine groups is 1. The van der Waals surface area contributed by atoms with Crippen LogP contribution in [0.2, 0.25) is 0 Å². The first-order chi connectivity index (χ1) is 10.6. The van der Waals surface area contributed by atoms with Gasteiger partial charge in [-0.25, -0.2) is 9.98 Å². The van der Waals surface area contributed by atoms with E-state index in [4.69, 9.17) is 0 Å². The van der Waals surface area contributed by atoms with Crippen LogP contribution in [0.15, 0.2) is 4.99 Å². The van der Waals surface area contributed by atoms with Gasteiger partial charge in [0.1, 0.15) is 5.01 Å². The molecular weight excluding hydrogens is 419 g/mol. The molecule has 1 aromatic rings. The van der Waals surface area contributed by atoms with Crippen LogP contribution in [0.3, 0.4) is 0 Å². The van der Waals surface area contributed by atoms with Crippen LogP contribution in [-0.4, -0.2) is 24.0 Å². The topological polar surface area (TPSA) is 49.3 Å². The van der Waals surface area contributed by atoms with Crippen molar-refractivity contribution in [1.29, 1.82) is 0 Å². The summed E-state index contributed by atoms with van der Waals surface area (Å²) in [7, 11) is 0. The Labute approximate surface area is 162 Å². The van der Waals surface area contributed by atoms with E-state index in [2.05, 4.69) is 48.3 Å². The van der Waals surface area contributed by atoms with Crippen molar-refractivity contribution in [1.82, 2.24) is 15.6 Å². The molecule has 0 amide bonds. The molecule has 1 saturated carbocycles. The molecular formula is C17H31IN4S. The number of hydrogen-bond donors (Lipinski definition) is 2. The van der Waals surface area contributed by atoms with Crippen LogP contribution in [0, 0.1) is 25.7 Å². The molecule has 1 fully saturated rings. The van der Waals surface area contributed by atoms with Gasteiger partial charge in [-0.2, -0.15) is 0 Å². The first-order valence-electron chi connectivity index (χ1n) is 8.55. The van der Waals surface area contributed by atoms with Gasteiger partial charge in [0.05, 0.1) is 12.2 Å². The molecule has 1 heterocycles. The summed E-state index contributed by atoms with van der Waals surface area (Å²) in [5, 5.41) is 7.97. The average Bonchev–Trinajstić information content (AvgIpc) is 2.82. The van der Waals surface area contributed by atoms with E-state index in [0.29, 0.717) is 6.54 Å². The molecule has 0 spiro atoms. The van der Waals surface area contributed by atoms with Crippen molar-refractivity contribution in [2.75, 3.05) is 13.1 Å². The highest BCUT2D eigenvalue weighted by Crippen LogP contribution is 2.28. The molecule has 1 aliphatic carbocycles. The molecule has 0 saturated heterocycles. The van der Waals surface area contributed by atoms with Gasteiger partial charge in [-0.1, -0.05) is 26.2 Å². The fourth-order valence-corrected chi connectivity index (χ4v) is 3.88. The number of rotatable bonds is 5. The summed E-state index contributed by atoms with van der Waals surface area (Å²) in [5.41, 5.74) is 1.13. The van der Waals surface area contributed by atoms with Gasteiger partial charge in [-0.15, -0.1) is 35.3 Å². The number of aromatic nitrogens is 1. The second-order valence-corrected chi connectivity index (χ2v) is 7.63. The Morgan fingerprint density at radius 1 is 1.26 bits per heavy atom. The van der Waals surface area contributed by atoms with E-state index in [0.717, 1.165) is 41.6 Å². The zero-order chi connectivity index (χ0) is 15.9. The highest BCUT2D eigenvalue weighted by molar-refractivity contribution is 14.0. The van der Waals surface area contributed by atoms with Crippen molar-refractivity contribution >= 4 is 41.3 Å². The zero-order valence-electron chi connectivity index (χ0n) is 14.8. The second kappa shape index (κ2) is 10.5. The Morgan fingerprint density at radius 2 is 2.00 bits per heavy atom. The van der Waals surface area contributed by atoms with Crippen molar-refractivity contribution in [3.63, 3.8) is 0 Å². The summed E-state index contributed by atoms with van der Waals surface area (Å²) < 4.78 is 0. The maximum atomic E-state index is 4.69. The third kappa shape index (κ3) is 6.57. The Kier molecular flexibility index (Phi) is 9.43. The summed E-state index contributed by atoms with van der Waals surface area (Å²) >= 11 is 1.75. The monoisotopic (exact) mass is 450 g/mol. The summed E-state index contributed by atoms with van der Waals surface area (Å²) in [6.45, 7) is 11.3. The normalized spacial score (nSPS) is 21.7. The van der Waals surface area contributed by atoms with Crippen molar-refractivity contribution in [3.8, 4) is 0 Å². The Hall–Kier alpha value is -0.370. The Bertz CT molecular complexity index is 481. The van der Waals surface area contributed by atoms with E-state index >= 15 is 0 Å². The minimum Gasteiger partial charge on any atom is -0.357 e. The van der Waals surface area contributed by atoms with E-state index in [1.807, 2.05) is 0 Å². The summed E-state index contributed by atoms with van der Waals surface area (Å²) in [5.74, 6) is 2.53. The molecule has 132 valence electrons. The van der Waals surface area contributed by atoms with Crippen LogP contribution in [-0.2, 0) is 6.54 Å². The number of aryl methyl sites for hydroxylation is 2. The van der Waals surface area contributed by atoms with Gasteiger partial charge < -0.3 is 10.6 Å². The van der Waals surface area contributed by atoms with Gasteiger partial charge in [0.2, 0.25) is 0 Å². The zero-order valence-corrected chi connectivity index (χ0v) is 18.0. The van der Waals surface area contributed by atoms with Crippen LogP contribution < -0.4 is 10.6 Å². The quantitative estimate of drug-likeness (QED) is 0.401. The van der Waals surface area contributed by atoms with Crippen LogP contribution in [0.4, 0.5) is 0 Å². The minimum absolute atomic E-state index is 0. The molecule has 6 heteroatoms. The Morgan fingerprint density at radius 3 is 2.61 bits per heavy atom. The number of halogens is 1. The second-order valence-electron chi connectivity index (χ2n) is 6.35. The maximum absolute atomic E-state index is 4.69. The van der Waals surface area contributed by atoms with Gasteiger partial charge >= 0.3 is 0 Å². The van der Waals surface area contributed by atoms with Gasteiger partial charge in [0.15, 0.2) is 5.96 Å². The highest BCUT2D eigenvalue weighted by Gasteiger charge is 2.21. The molecule has 23 heavy (non-hydrogen) atoms. The van der Waals surface area contributed by atoms with Crippen LogP contribution in [0.5, 0.6) is 0 Å². The summed E-state index contributed by atoms with van der Waals surface area (Å²) in [4.78, 5) is 10.5. The lowest BCUT2D eigenvalue weighted by Crippen LogP contribution is -2.41. The molecule has 0 aliphatic heterocycles. The lowest BCUT2D eigenvalue weighted by Gasteiger charge is -2.29. The average molecular weight is 450 g/mol.